The van der Waals surface area contributed by atoms with Crippen molar-refractivity contribution >= 4 is 5.88 Å². The third-order valence-corrected chi connectivity index (χ3v) is 2.53. The summed E-state index contributed by atoms with van der Waals surface area (Å²) < 4.78 is 11.0. The molecule has 5 nitrogen and oxygen atoms in total. The second-order valence-corrected chi connectivity index (χ2v) is 3.93. The number of aromatic nitrogens is 1. The Labute approximate surface area is 111 Å². The van der Waals surface area contributed by atoms with Crippen LogP contribution in [0.5, 0.6) is 5.75 Å². The Morgan fingerprint density at radius 1 is 1.37 bits per heavy atom. The molecule has 0 bridgehead atoms. The van der Waals surface area contributed by atoms with E-state index in [1.54, 1.807) is 7.05 Å². The summed E-state index contributed by atoms with van der Waals surface area (Å²) >= 11 is 0. The number of benzene rings is 1. The Balaban J connectivity index is 2.22. The Morgan fingerprint density at radius 2 is 2.11 bits per heavy atom. The van der Waals surface area contributed by atoms with Crippen LogP contribution >= 0.6 is 0 Å². The fraction of sp³-hybridized carbons (Fsp3) is 0.286. The van der Waals surface area contributed by atoms with Crippen LogP contribution in [0.25, 0.3) is 11.5 Å². The van der Waals surface area contributed by atoms with E-state index in [1.807, 2.05) is 30.3 Å². The molecule has 0 aliphatic rings. The first-order chi connectivity index (χ1) is 9.28. The highest BCUT2D eigenvalue weighted by Gasteiger charge is 2.12. The molecule has 0 fully saturated rings. The molecule has 0 saturated carbocycles. The van der Waals surface area contributed by atoms with Crippen molar-refractivity contribution in [2.45, 2.75) is 13.3 Å². The zero-order chi connectivity index (χ0) is 13.7. The molecule has 0 atom stereocenters. The number of hydrogen-bond acceptors (Lipinski definition) is 5. The predicted octanol–water partition coefficient (Wildman–Crippen LogP) is 3.04. The van der Waals surface area contributed by atoms with E-state index in [1.165, 1.54) is 0 Å². The molecule has 19 heavy (non-hydrogen) atoms. The quantitative estimate of drug-likeness (QED) is 0.891. The van der Waals surface area contributed by atoms with Crippen LogP contribution in [0.3, 0.4) is 0 Å². The highest BCUT2D eigenvalue weighted by molar-refractivity contribution is 5.59. The van der Waals surface area contributed by atoms with Crippen molar-refractivity contribution in [2.75, 3.05) is 19.0 Å². The molecule has 0 amide bonds. The summed E-state index contributed by atoms with van der Waals surface area (Å²) in [7, 11) is 1.69. The highest BCUT2D eigenvalue weighted by atomic mass is 16.5. The molecule has 98 valence electrons. The van der Waals surface area contributed by atoms with Gasteiger partial charge in [0.2, 0.25) is 17.5 Å². The van der Waals surface area contributed by atoms with Crippen molar-refractivity contribution in [1.82, 2.24) is 4.98 Å². The van der Waals surface area contributed by atoms with Gasteiger partial charge in [0, 0.05) is 12.6 Å². The first-order valence-corrected chi connectivity index (χ1v) is 6.10. The van der Waals surface area contributed by atoms with Gasteiger partial charge in [0.25, 0.3) is 0 Å². The van der Waals surface area contributed by atoms with Crippen LogP contribution in [0.2, 0.25) is 0 Å². The van der Waals surface area contributed by atoms with Crippen LogP contribution in [-0.4, -0.2) is 18.6 Å². The summed E-state index contributed by atoms with van der Waals surface area (Å²) in [5, 5.41) is 11.7. The minimum absolute atomic E-state index is 0.254. The first-order valence-electron chi connectivity index (χ1n) is 6.10. The van der Waals surface area contributed by atoms with Gasteiger partial charge in [0.1, 0.15) is 11.8 Å². The smallest absolute Gasteiger partial charge is 0.232 e. The average Bonchev–Trinajstić information content (AvgIpc) is 2.89. The van der Waals surface area contributed by atoms with Crippen molar-refractivity contribution in [3.63, 3.8) is 0 Å². The fourth-order valence-corrected chi connectivity index (χ4v) is 1.60. The second-order valence-electron chi connectivity index (χ2n) is 3.93. The number of nitrogens with zero attached hydrogens (tertiary/aromatic N) is 2. The SMILES string of the molecule is CCCOc1ccc(-c2nc(C#N)c(NC)o2)cc1. The van der Waals surface area contributed by atoms with E-state index in [0.29, 0.717) is 18.4 Å². The Hall–Kier alpha value is -2.48. The lowest BCUT2D eigenvalue weighted by Crippen LogP contribution is -1.94. The Kier molecular flexibility index (Phi) is 4.04. The maximum atomic E-state index is 8.92. The minimum Gasteiger partial charge on any atom is -0.494 e. The molecule has 0 aliphatic carbocycles. The molecule has 1 heterocycles. The normalized spacial score (nSPS) is 9.95. The summed E-state index contributed by atoms with van der Waals surface area (Å²) in [5.41, 5.74) is 1.06. The summed E-state index contributed by atoms with van der Waals surface area (Å²) in [6.45, 7) is 2.75. The van der Waals surface area contributed by atoms with Crippen LogP contribution in [0.15, 0.2) is 28.7 Å². The van der Waals surface area contributed by atoms with Gasteiger partial charge in [0.15, 0.2) is 0 Å². The van der Waals surface area contributed by atoms with Gasteiger partial charge in [-0.05, 0) is 30.7 Å². The molecule has 2 rings (SSSR count). The van der Waals surface area contributed by atoms with Crippen molar-refractivity contribution in [1.29, 1.82) is 5.26 Å². The van der Waals surface area contributed by atoms with Gasteiger partial charge in [-0.3, -0.25) is 0 Å². The largest absolute Gasteiger partial charge is 0.494 e. The standard InChI is InChI=1S/C14H15N3O2/c1-3-8-18-11-6-4-10(5-7-11)13-17-12(9-15)14(16-2)19-13/h4-7,16H,3,8H2,1-2H3. The monoisotopic (exact) mass is 257 g/mol. The molecule has 1 aromatic heterocycles. The average molecular weight is 257 g/mol. The van der Waals surface area contributed by atoms with Crippen molar-refractivity contribution < 1.29 is 9.15 Å². The summed E-state index contributed by atoms with van der Waals surface area (Å²) in [5.74, 6) is 1.61. The van der Waals surface area contributed by atoms with E-state index in [-0.39, 0.29) is 5.69 Å². The van der Waals surface area contributed by atoms with Crippen LogP contribution in [0.1, 0.15) is 19.0 Å². The van der Waals surface area contributed by atoms with Gasteiger partial charge in [-0.2, -0.15) is 10.2 Å². The van der Waals surface area contributed by atoms with E-state index >= 15 is 0 Å². The number of nitriles is 1. The molecule has 0 radical (unpaired) electrons. The third-order valence-electron chi connectivity index (χ3n) is 2.53. The molecule has 0 spiro atoms. The van der Waals surface area contributed by atoms with E-state index in [9.17, 15) is 0 Å². The molecular weight excluding hydrogens is 242 g/mol. The maximum absolute atomic E-state index is 8.92. The molecule has 0 saturated heterocycles. The number of nitrogens with one attached hydrogen (secondary N) is 1. The zero-order valence-corrected chi connectivity index (χ0v) is 10.9. The van der Waals surface area contributed by atoms with E-state index in [2.05, 4.69) is 17.2 Å². The minimum atomic E-state index is 0.254. The van der Waals surface area contributed by atoms with Crippen molar-refractivity contribution in [3.05, 3.63) is 30.0 Å². The second kappa shape index (κ2) is 5.91. The zero-order valence-electron chi connectivity index (χ0n) is 10.9. The Bertz CT molecular complexity index is 582. The van der Waals surface area contributed by atoms with Gasteiger partial charge >= 0.3 is 0 Å². The van der Waals surface area contributed by atoms with E-state index < -0.39 is 0 Å². The van der Waals surface area contributed by atoms with Gasteiger partial charge in [-0.15, -0.1) is 0 Å². The lowest BCUT2D eigenvalue weighted by atomic mass is 10.2. The number of anilines is 1. The molecule has 0 unspecified atom stereocenters. The summed E-state index contributed by atoms with van der Waals surface area (Å²) in [6.07, 6.45) is 0.971. The van der Waals surface area contributed by atoms with Gasteiger partial charge < -0.3 is 14.5 Å². The fourth-order valence-electron chi connectivity index (χ4n) is 1.60. The molecule has 5 heteroatoms. The van der Waals surface area contributed by atoms with Crippen molar-refractivity contribution in [3.8, 4) is 23.3 Å². The molecule has 1 aromatic carbocycles. The molecule has 2 aromatic rings. The number of hydrogen-bond donors (Lipinski definition) is 1. The molecule has 1 N–H and O–H groups in total. The first kappa shape index (κ1) is 13.0. The lowest BCUT2D eigenvalue weighted by Gasteiger charge is -2.04. The molecular formula is C14H15N3O2. The van der Waals surface area contributed by atoms with Gasteiger partial charge in [-0.1, -0.05) is 6.92 Å². The van der Waals surface area contributed by atoms with E-state index in [4.69, 9.17) is 14.4 Å². The van der Waals surface area contributed by atoms with Gasteiger partial charge in [0.05, 0.1) is 6.61 Å². The van der Waals surface area contributed by atoms with Crippen LogP contribution in [-0.2, 0) is 0 Å². The number of rotatable bonds is 5. The number of ether oxygens (including phenoxy) is 1. The molecule has 0 aliphatic heterocycles. The predicted molar refractivity (Wildman–Crippen MR) is 72.0 cm³/mol. The van der Waals surface area contributed by atoms with E-state index in [0.717, 1.165) is 17.7 Å². The maximum Gasteiger partial charge on any atom is 0.232 e. The topological polar surface area (TPSA) is 71.1 Å². The highest BCUT2D eigenvalue weighted by Crippen LogP contribution is 2.26. The van der Waals surface area contributed by atoms with Crippen LogP contribution in [0, 0.1) is 11.3 Å². The summed E-state index contributed by atoms with van der Waals surface area (Å²) in [4.78, 5) is 4.13. The number of oxazole rings is 1. The summed E-state index contributed by atoms with van der Waals surface area (Å²) in [6, 6.07) is 9.42. The van der Waals surface area contributed by atoms with Crippen molar-refractivity contribution in [2.24, 2.45) is 0 Å². The van der Waals surface area contributed by atoms with Crippen LogP contribution in [0.4, 0.5) is 5.88 Å². The third kappa shape index (κ3) is 2.86. The lowest BCUT2D eigenvalue weighted by molar-refractivity contribution is 0.317. The Morgan fingerprint density at radius 3 is 2.63 bits per heavy atom. The van der Waals surface area contributed by atoms with Crippen LogP contribution < -0.4 is 10.1 Å². The van der Waals surface area contributed by atoms with Gasteiger partial charge in [-0.25, -0.2) is 0 Å².